The Bertz CT molecular complexity index is 1940. The van der Waals surface area contributed by atoms with Crippen LogP contribution in [-0.2, 0) is 16.2 Å². The number of nitrogens with one attached hydrogen (secondary N) is 3. The summed E-state index contributed by atoms with van der Waals surface area (Å²) in [6, 6.07) is 39.6. The van der Waals surface area contributed by atoms with Gasteiger partial charge in [-0.15, -0.1) is 11.8 Å². The Morgan fingerprint density at radius 1 is 0.714 bits per heavy atom. The van der Waals surface area contributed by atoms with Gasteiger partial charge in [0, 0.05) is 27.4 Å². The van der Waals surface area contributed by atoms with Crippen LogP contribution in [0.25, 0.3) is 6.08 Å². The number of thioether (sulfide) groups is 1. The van der Waals surface area contributed by atoms with Crippen LogP contribution in [0.2, 0.25) is 0 Å². The summed E-state index contributed by atoms with van der Waals surface area (Å²) in [4.78, 5) is 51.9. The van der Waals surface area contributed by atoms with Gasteiger partial charge in [0.2, 0.25) is 5.91 Å². The van der Waals surface area contributed by atoms with E-state index in [0.29, 0.717) is 40.4 Å². The van der Waals surface area contributed by atoms with E-state index in [2.05, 4.69) is 16.0 Å². The number of Topliss-reactive ketones (excluding diaryl/α,β-unsaturated/α-hetero) is 1. The maximum atomic E-state index is 13.6. The second-order valence-corrected chi connectivity index (χ2v) is 12.5. The summed E-state index contributed by atoms with van der Waals surface area (Å²) in [6.45, 7) is 3.70. The molecule has 0 saturated heterocycles. The molecule has 0 aromatic heterocycles. The van der Waals surface area contributed by atoms with Crippen LogP contribution in [0.3, 0.4) is 0 Å². The Kier molecular flexibility index (Phi) is 11.8. The fraction of sp³-hybridized carbons (Fsp3) is 0.100. The highest BCUT2D eigenvalue weighted by atomic mass is 32.2. The highest BCUT2D eigenvalue weighted by molar-refractivity contribution is 8.00. The van der Waals surface area contributed by atoms with Crippen molar-refractivity contribution in [2.75, 3.05) is 10.6 Å². The lowest BCUT2D eigenvalue weighted by atomic mass is 10.1. The van der Waals surface area contributed by atoms with Crippen molar-refractivity contribution >= 4 is 52.7 Å². The topological polar surface area (TPSA) is 114 Å². The number of hydrogen-bond acceptors (Lipinski definition) is 6. The van der Waals surface area contributed by atoms with Crippen molar-refractivity contribution in [3.05, 3.63) is 161 Å². The van der Waals surface area contributed by atoms with E-state index in [1.807, 2.05) is 66.7 Å². The Hall–Kier alpha value is -5.93. The zero-order valence-electron chi connectivity index (χ0n) is 27.0. The van der Waals surface area contributed by atoms with E-state index in [0.717, 1.165) is 10.5 Å². The first-order valence-corrected chi connectivity index (χ1v) is 16.5. The first kappa shape index (κ1) is 34.4. The molecule has 5 aromatic carbocycles. The van der Waals surface area contributed by atoms with Gasteiger partial charge in [-0.05, 0) is 97.8 Å². The molecule has 246 valence electrons. The molecule has 0 aliphatic heterocycles. The highest BCUT2D eigenvalue weighted by Gasteiger charge is 2.18. The molecule has 0 fully saturated rings. The van der Waals surface area contributed by atoms with Gasteiger partial charge in [0.1, 0.15) is 18.1 Å². The Morgan fingerprint density at radius 3 is 2.06 bits per heavy atom. The van der Waals surface area contributed by atoms with Crippen LogP contribution in [-0.4, -0.2) is 28.8 Å². The third-order valence-corrected chi connectivity index (χ3v) is 8.39. The van der Waals surface area contributed by atoms with E-state index >= 15 is 0 Å². The van der Waals surface area contributed by atoms with Crippen LogP contribution in [0.4, 0.5) is 11.4 Å². The van der Waals surface area contributed by atoms with Gasteiger partial charge in [-0.3, -0.25) is 19.2 Å². The minimum Gasteiger partial charge on any atom is -0.489 e. The van der Waals surface area contributed by atoms with E-state index in [9.17, 15) is 19.2 Å². The molecule has 0 bridgehead atoms. The molecule has 9 heteroatoms. The normalized spacial score (nSPS) is 11.6. The second kappa shape index (κ2) is 16.8. The summed E-state index contributed by atoms with van der Waals surface area (Å²) in [5.74, 6) is -0.529. The number of rotatable bonds is 13. The second-order valence-electron chi connectivity index (χ2n) is 11.1. The van der Waals surface area contributed by atoms with E-state index in [4.69, 9.17) is 4.74 Å². The summed E-state index contributed by atoms with van der Waals surface area (Å²) in [6.07, 6.45) is 1.60. The van der Waals surface area contributed by atoms with Crippen LogP contribution in [0.1, 0.15) is 45.7 Å². The standard InChI is InChI=1S/C40H35N3O5S/c1-27(44)31-18-20-33(21-19-31)41-38(45)28(2)49-36-15-9-14-34(25-36)42-40(47)37(43-39(46)32-12-7-4-8-13-32)24-29-16-22-35(23-17-29)48-26-30-10-5-3-6-11-30/h3-25,28H,26H2,1-2H3,(H,41,45)(H,42,47)(H,43,46)/b37-24-. The molecular weight excluding hydrogens is 635 g/mol. The fourth-order valence-electron chi connectivity index (χ4n) is 4.65. The minimum absolute atomic E-state index is 0.0473. The fourth-order valence-corrected chi connectivity index (χ4v) is 5.57. The van der Waals surface area contributed by atoms with E-state index in [1.54, 1.807) is 79.7 Å². The van der Waals surface area contributed by atoms with Gasteiger partial charge in [-0.1, -0.05) is 66.7 Å². The maximum Gasteiger partial charge on any atom is 0.272 e. The Labute approximate surface area is 289 Å². The molecule has 3 N–H and O–H groups in total. The number of carbonyl (C=O) groups excluding carboxylic acids is 4. The van der Waals surface area contributed by atoms with Crippen LogP contribution in [0.15, 0.2) is 144 Å². The number of amides is 3. The van der Waals surface area contributed by atoms with Gasteiger partial charge in [0.15, 0.2) is 5.78 Å². The van der Waals surface area contributed by atoms with Crippen molar-refractivity contribution < 1.29 is 23.9 Å². The predicted octanol–water partition coefficient (Wildman–Crippen LogP) is 8.00. The summed E-state index contributed by atoms with van der Waals surface area (Å²) in [5, 5.41) is 8.04. The van der Waals surface area contributed by atoms with Crippen molar-refractivity contribution in [2.24, 2.45) is 0 Å². The first-order chi connectivity index (χ1) is 23.7. The van der Waals surface area contributed by atoms with Crippen LogP contribution in [0, 0.1) is 0 Å². The van der Waals surface area contributed by atoms with Crippen molar-refractivity contribution in [3.8, 4) is 5.75 Å². The van der Waals surface area contributed by atoms with Crippen molar-refractivity contribution in [2.45, 2.75) is 30.6 Å². The molecule has 0 saturated carbocycles. The molecule has 1 atom stereocenters. The summed E-state index contributed by atoms with van der Waals surface area (Å²) in [5.41, 5.74) is 3.84. The molecule has 0 heterocycles. The van der Waals surface area contributed by atoms with E-state index in [1.165, 1.54) is 18.7 Å². The number of ketones is 1. The summed E-state index contributed by atoms with van der Waals surface area (Å²) in [7, 11) is 0. The Balaban J connectivity index is 1.27. The zero-order chi connectivity index (χ0) is 34.6. The summed E-state index contributed by atoms with van der Waals surface area (Å²) >= 11 is 1.33. The zero-order valence-corrected chi connectivity index (χ0v) is 27.8. The van der Waals surface area contributed by atoms with Gasteiger partial charge >= 0.3 is 0 Å². The lowest BCUT2D eigenvalue weighted by Crippen LogP contribution is -2.30. The third kappa shape index (κ3) is 10.3. The van der Waals surface area contributed by atoms with Crippen LogP contribution < -0.4 is 20.7 Å². The van der Waals surface area contributed by atoms with Crippen molar-refractivity contribution in [1.82, 2.24) is 5.32 Å². The molecular formula is C40H35N3O5S. The van der Waals surface area contributed by atoms with Gasteiger partial charge in [0.05, 0.1) is 5.25 Å². The molecule has 0 radical (unpaired) electrons. The molecule has 0 spiro atoms. The smallest absolute Gasteiger partial charge is 0.272 e. The summed E-state index contributed by atoms with van der Waals surface area (Å²) < 4.78 is 5.89. The number of anilines is 2. The Morgan fingerprint density at radius 2 is 1.39 bits per heavy atom. The molecule has 1 unspecified atom stereocenters. The molecule has 0 aliphatic carbocycles. The van der Waals surface area contributed by atoms with Gasteiger partial charge in [-0.25, -0.2) is 0 Å². The average molecular weight is 670 g/mol. The maximum absolute atomic E-state index is 13.6. The largest absolute Gasteiger partial charge is 0.489 e. The monoisotopic (exact) mass is 669 g/mol. The quantitative estimate of drug-likeness (QED) is 0.0665. The van der Waals surface area contributed by atoms with Gasteiger partial charge in [-0.2, -0.15) is 0 Å². The minimum atomic E-state index is -0.518. The highest BCUT2D eigenvalue weighted by Crippen LogP contribution is 2.27. The third-order valence-electron chi connectivity index (χ3n) is 7.30. The molecule has 49 heavy (non-hydrogen) atoms. The number of benzene rings is 5. The van der Waals surface area contributed by atoms with Gasteiger partial charge < -0.3 is 20.7 Å². The lowest BCUT2D eigenvalue weighted by Gasteiger charge is -2.14. The predicted molar refractivity (Wildman–Crippen MR) is 195 cm³/mol. The molecule has 8 nitrogen and oxygen atoms in total. The van der Waals surface area contributed by atoms with E-state index < -0.39 is 17.1 Å². The van der Waals surface area contributed by atoms with Gasteiger partial charge in [0.25, 0.3) is 11.8 Å². The lowest BCUT2D eigenvalue weighted by molar-refractivity contribution is -0.115. The van der Waals surface area contributed by atoms with E-state index in [-0.39, 0.29) is 17.4 Å². The number of carbonyl (C=O) groups is 4. The number of ether oxygens (including phenoxy) is 1. The average Bonchev–Trinajstić information content (AvgIpc) is 3.12. The SMILES string of the molecule is CC(=O)c1ccc(NC(=O)C(C)Sc2cccc(NC(=O)/C(=C/c3ccc(OCc4ccccc4)cc3)NC(=O)c3ccccc3)c2)cc1. The first-order valence-electron chi connectivity index (χ1n) is 15.6. The van der Waals surface area contributed by atoms with Crippen LogP contribution >= 0.6 is 11.8 Å². The molecule has 5 rings (SSSR count). The molecule has 0 aliphatic rings. The molecule has 5 aromatic rings. The number of hydrogen-bond donors (Lipinski definition) is 3. The van der Waals surface area contributed by atoms with Crippen LogP contribution in [0.5, 0.6) is 5.75 Å². The molecule has 3 amide bonds. The van der Waals surface area contributed by atoms with Crippen molar-refractivity contribution in [3.63, 3.8) is 0 Å². The van der Waals surface area contributed by atoms with Crippen molar-refractivity contribution in [1.29, 1.82) is 0 Å².